The minimum Gasteiger partial charge on any atom is -0.343 e. The predicted molar refractivity (Wildman–Crippen MR) is 49.1 cm³/mol. The third kappa shape index (κ3) is 1.30. The lowest BCUT2D eigenvalue weighted by atomic mass is 10.0. The largest absolute Gasteiger partial charge is 0.343 e. The van der Waals surface area contributed by atoms with E-state index in [4.69, 9.17) is 9.47 Å². The van der Waals surface area contributed by atoms with Crippen LogP contribution in [0.2, 0.25) is 0 Å². The third-order valence-corrected chi connectivity index (χ3v) is 3.23. The van der Waals surface area contributed by atoms with Crippen LogP contribution in [0.3, 0.4) is 0 Å². The van der Waals surface area contributed by atoms with E-state index in [1.54, 1.807) is 0 Å². The van der Waals surface area contributed by atoms with Crippen molar-refractivity contribution in [3.8, 4) is 0 Å². The molecule has 0 unspecified atom stereocenters. The lowest BCUT2D eigenvalue weighted by molar-refractivity contribution is -0.163. The monoisotopic (exact) mass is 225 g/mol. The maximum Gasteiger partial charge on any atom is 0.230 e. The summed E-state index contributed by atoms with van der Waals surface area (Å²) in [4.78, 5) is 35.8. The minimum absolute atomic E-state index is 0.160. The summed E-state index contributed by atoms with van der Waals surface area (Å²) in [6.07, 6.45) is -0.490. The molecule has 3 fully saturated rings. The van der Waals surface area contributed by atoms with Gasteiger partial charge < -0.3 is 9.47 Å². The molecule has 0 spiro atoms. The molecule has 3 rings (SSSR count). The summed E-state index contributed by atoms with van der Waals surface area (Å²) in [5.74, 6) is -0.611. The average molecular weight is 225 g/mol. The predicted octanol–water partition coefficient (Wildman–Crippen LogP) is -0.782. The summed E-state index contributed by atoms with van der Waals surface area (Å²) in [5, 5.41) is 0. The van der Waals surface area contributed by atoms with E-state index in [0.29, 0.717) is 0 Å². The Morgan fingerprint density at radius 1 is 1.12 bits per heavy atom. The number of rotatable bonds is 1. The molecule has 0 aliphatic carbocycles. The Hall–Kier alpha value is -1.27. The molecular formula is C10H11NO5. The number of carbonyl (C=O) groups excluding carboxylic acids is 3. The highest BCUT2D eigenvalue weighted by atomic mass is 16.7. The van der Waals surface area contributed by atoms with E-state index in [1.807, 2.05) is 0 Å². The van der Waals surface area contributed by atoms with Gasteiger partial charge in [0.1, 0.15) is 6.10 Å². The number of hydrogen-bond donors (Lipinski definition) is 0. The molecule has 3 aliphatic heterocycles. The van der Waals surface area contributed by atoms with Gasteiger partial charge in [0, 0.05) is 19.3 Å². The van der Waals surface area contributed by atoms with Crippen molar-refractivity contribution in [3.05, 3.63) is 0 Å². The maximum absolute atomic E-state index is 11.6. The highest BCUT2D eigenvalue weighted by Gasteiger charge is 2.49. The standard InChI is InChI=1S/C10H11NO5/c12-6-3-5(7-4-15-10(6)16-7)11-8(13)1-2-9(11)14/h5,7,10H,1-4H2/t5-,7-,10-/m0/s1. The Morgan fingerprint density at radius 2 is 1.81 bits per heavy atom. The van der Waals surface area contributed by atoms with E-state index < -0.39 is 12.3 Å². The van der Waals surface area contributed by atoms with E-state index in [1.165, 1.54) is 4.90 Å². The molecule has 0 aromatic carbocycles. The first-order valence-electron chi connectivity index (χ1n) is 5.31. The van der Waals surface area contributed by atoms with Crippen LogP contribution in [0.4, 0.5) is 0 Å². The number of ether oxygens (including phenoxy) is 2. The van der Waals surface area contributed by atoms with Crippen LogP contribution in [0.1, 0.15) is 19.3 Å². The van der Waals surface area contributed by atoms with Gasteiger partial charge in [0.15, 0.2) is 5.78 Å². The molecule has 3 saturated heterocycles. The molecule has 3 aliphatic rings. The lowest BCUT2D eigenvalue weighted by Crippen LogP contribution is -2.51. The molecule has 0 radical (unpaired) electrons. The molecule has 3 atom stereocenters. The molecule has 86 valence electrons. The zero-order valence-electron chi connectivity index (χ0n) is 8.55. The molecule has 16 heavy (non-hydrogen) atoms. The van der Waals surface area contributed by atoms with Crippen LogP contribution in [0.25, 0.3) is 0 Å². The topological polar surface area (TPSA) is 72.9 Å². The summed E-state index contributed by atoms with van der Waals surface area (Å²) in [6, 6.07) is -0.464. The molecule has 0 N–H and O–H groups in total. The number of carbonyl (C=O) groups is 3. The number of likely N-dealkylation sites (tertiary alicyclic amines) is 1. The van der Waals surface area contributed by atoms with E-state index in [9.17, 15) is 14.4 Å². The van der Waals surface area contributed by atoms with Crippen molar-refractivity contribution in [2.24, 2.45) is 0 Å². The van der Waals surface area contributed by atoms with Crippen molar-refractivity contribution in [2.45, 2.75) is 37.7 Å². The number of fused-ring (bicyclic) bond motifs is 2. The number of Topliss-reactive ketones (excluding diaryl/α,β-unsaturated/α-hetero) is 1. The van der Waals surface area contributed by atoms with E-state index in [2.05, 4.69) is 0 Å². The van der Waals surface area contributed by atoms with Crippen LogP contribution in [0.5, 0.6) is 0 Å². The fraction of sp³-hybridized carbons (Fsp3) is 0.700. The Morgan fingerprint density at radius 3 is 2.50 bits per heavy atom. The third-order valence-electron chi connectivity index (χ3n) is 3.23. The van der Waals surface area contributed by atoms with Gasteiger partial charge in [0.25, 0.3) is 0 Å². The molecule has 0 aromatic heterocycles. The first-order valence-corrected chi connectivity index (χ1v) is 5.31. The molecule has 3 heterocycles. The van der Waals surface area contributed by atoms with Crippen molar-refractivity contribution >= 4 is 17.6 Å². The zero-order valence-corrected chi connectivity index (χ0v) is 8.55. The van der Waals surface area contributed by atoms with Gasteiger partial charge in [-0.2, -0.15) is 0 Å². The second kappa shape index (κ2) is 3.36. The van der Waals surface area contributed by atoms with Crippen LogP contribution in [-0.4, -0.2) is 47.5 Å². The Balaban J connectivity index is 1.86. The van der Waals surface area contributed by atoms with Gasteiger partial charge in [-0.15, -0.1) is 0 Å². The van der Waals surface area contributed by atoms with Gasteiger partial charge >= 0.3 is 0 Å². The first-order chi connectivity index (χ1) is 7.66. The minimum atomic E-state index is -0.783. The maximum atomic E-state index is 11.6. The average Bonchev–Trinajstić information content (AvgIpc) is 2.81. The van der Waals surface area contributed by atoms with Crippen molar-refractivity contribution in [1.29, 1.82) is 0 Å². The SMILES string of the molecule is O=C1C[C@H](N2C(=O)CCC2=O)[C@@H]2CO[C@H]1O2. The first kappa shape index (κ1) is 9.92. The Kier molecular flexibility index (Phi) is 2.08. The van der Waals surface area contributed by atoms with Gasteiger partial charge in [0.05, 0.1) is 12.6 Å². The second-order valence-electron chi connectivity index (χ2n) is 4.24. The quantitative estimate of drug-likeness (QED) is 0.547. The van der Waals surface area contributed by atoms with Crippen molar-refractivity contribution < 1.29 is 23.9 Å². The fourth-order valence-corrected chi connectivity index (χ4v) is 2.45. The van der Waals surface area contributed by atoms with Crippen molar-refractivity contribution in [3.63, 3.8) is 0 Å². The van der Waals surface area contributed by atoms with Crippen LogP contribution in [0, 0.1) is 0 Å². The van der Waals surface area contributed by atoms with E-state index in [0.717, 1.165) is 0 Å². The summed E-state index contributed by atoms with van der Waals surface area (Å²) in [5.41, 5.74) is 0. The van der Waals surface area contributed by atoms with E-state index >= 15 is 0 Å². The number of hydrogen-bond acceptors (Lipinski definition) is 5. The highest BCUT2D eigenvalue weighted by Crippen LogP contribution is 2.30. The van der Waals surface area contributed by atoms with Crippen LogP contribution in [0.15, 0.2) is 0 Å². The lowest BCUT2D eigenvalue weighted by Gasteiger charge is -2.32. The molecule has 0 saturated carbocycles. The number of ketones is 1. The summed E-state index contributed by atoms with van der Waals surface area (Å²) in [6.45, 7) is 0.276. The Labute approximate surface area is 91.5 Å². The second-order valence-corrected chi connectivity index (χ2v) is 4.24. The number of amides is 2. The Bertz CT molecular complexity index is 363. The number of nitrogens with zero attached hydrogens (tertiary/aromatic N) is 1. The summed E-state index contributed by atoms with van der Waals surface area (Å²) in [7, 11) is 0. The van der Waals surface area contributed by atoms with Gasteiger partial charge in [-0.25, -0.2) is 0 Å². The smallest absolute Gasteiger partial charge is 0.230 e. The highest BCUT2D eigenvalue weighted by molar-refractivity contribution is 6.03. The summed E-state index contributed by atoms with van der Waals surface area (Å²) < 4.78 is 10.4. The normalized spacial score (nSPS) is 38.6. The van der Waals surface area contributed by atoms with Gasteiger partial charge in [-0.3, -0.25) is 19.3 Å². The molecule has 0 aromatic rings. The molecule has 2 amide bonds. The van der Waals surface area contributed by atoms with Crippen LogP contribution >= 0.6 is 0 Å². The zero-order chi connectivity index (χ0) is 11.3. The van der Waals surface area contributed by atoms with E-state index in [-0.39, 0.29) is 49.6 Å². The van der Waals surface area contributed by atoms with Crippen LogP contribution < -0.4 is 0 Å². The van der Waals surface area contributed by atoms with Gasteiger partial charge in [0.2, 0.25) is 18.1 Å². The van der Waals surface area contributed by atoms with Gasteiger partial charge in [-0.05, 0) is 0 Å². The fourth-order valence-electron chi connectivity index (χ4n) is 2.45. The van der Waals surface area contributed by atoms with Crippen molar-refractivity contribution in [1.82, 2.24) is 4.90 Å². The number of imide groups is 1. The van der Waals surface area contributed by atoms with Crippen LogP contribution in [-0.2, 0) is 23.9 Å². The molecular weight excluding hydrogens is 214 g/mol. The molecule has 6 heteroatoms. The van der Waals surface area contributed by atoms with Gasteiger partial charge in [-0.1, -0.05) is 0 Å². The summed E-state index contributed by atoms with van der Waals surface area (Å²) >= 11 is 0. The molecule has 2 bridgehead atoms. The van der Waals surface area contributed by atoms with Crippen molar-refractivity contribution in [2.75, 3.05) is 6.61 Å². The molecule has 6 nitrogen and oxygen atoms in total.